The van der Waals surface area contributed by atoms with Crippen molar-refractivity contribution in [2.45, 2.75) is 6.92 Å². The number of carbonyl (C=O) groups is 1. The number of carbonyl (C=O) groups excluding carboxylic acids is 1. The number of non-ortho nitro benzene ring substituents is 1. The van der Waals surface area contributed by atoms with Crippen LogP contribution in [0, 0.1) is 17.0 Å². The molecule has 0 bridgehead atoms. The Labute approximate surface area is 139 Å². The zero-order chi connectivity index (χ0) is 17.5. The van der Waals surface area contributed by atoms with E-state index in [1.807, 2.05) is 25.1 Å². The summed E-state index contributed by atoms with van der Waals surface area (Å²) >= 11 is 0. The number of nitrogens with one attached hydrogen (secondary N) is 2. The number of hydrogen-bond acceptors (Lipinski definition) is 5. The Balaban J connectivity index is 1.84. The third-order valence-electron chi connectivity index (χ3n) is 3.12. The second-order valence-corrected chi connectivity index (χ2v) is 5.06. The lowest BCUT2D eigenvalue weighted by Crippen LogP contribution is -2.38. The highest BCUT2D eigenvalue weighted by Crippen LogP contribution is 2.17. The van der Waals surface area contributed by atoms with Crippen LogP contribution in [0.3, 0.4) is 0 Å². The zero-order valence-corrected chi connectivity index (χ0v) is 13.1. The van der Waals surface area contributed by atoms with Crippen LogP contribution in [-0.2, 0) is 4.79 Å². The van der Waals surface area contributed by atoms with Gasteiger partial charge in [-0.1, -0.05) is 30.8 Å². The van der Waals surface area contributed by atoms with Crippen LogP contribution in [0.15, 0.2) is 55.1 Å². The van der Waals surface area contributed by atoms with Crippen LogP contribution < -0.4 is 15.6 Å². The third-order valence-corrected chi connectivity index (χ3v) is 3.12. The van der Waals surface area contributed by atoms with E-state index in [4.69, 9.17) is 4.74 Å². The summed E-state index contributed by atoms with van der Waals surface area (Å²) in [6.45, 7) is 5.50. The summed E-state index contributed by atoms with van der Waals surface area (Å²) in [7, 11) is 0. The van der Waals surface area contributed by atoms with Gasteiger partial charge in [0.05, 0.1) is 10.6 Å². The number of nitro groups is 1. The Bertz CT molecular complexity index is 774. The Morgan fingerprint density at radius 2 is 1.96 bits per heavy atom. The van der Waals surface area contributed by atoms with Gasteiger partial charge in [0.25, 0.3) is 11.6 Å². The summed E-state index contributed by atoms with van der Waals surface area (Å²) in [5.41, 5.74) is 6.87. The fourth-order valence-corrected chi connectivity index (χ4v) is 1.91. The number of nitrogens with zero attached hydrogens (tertiary/aromatic N) is 1. The highest BCUT2D eigenvalue weighted by atomic mass is 16.6. The first-order chi connectivity index (χ1) is 11.5. The molecular formula is C17H17N3O4. The van der Waals surface area contributed by atoms with Gasteiger partial charge in [0.2, 0.25) is 0 Å². The minimum atomic E-state index is -0.495. The first-order valence-corrected chi connectivity index (χ1v) is 7.14. The van der Waals surface area contributed by atoms with Gasteiger partial charge in [-0.25, -0.2) is 0 Å². The van der Waals surface area contributed by atoms with Crippen LogP contribution in [0.25, 0.3) is 5.70 Å². The van der Waals surface area contributed by atoms with Crippen LogP contribution in [0.1, 0.15) is 11.1 Å². The van der Waals surface area contributed by atoms with E-state index in [2.05, 4.69) is 17.4 Å². The molecule has 2 rings (SSSR count). The summed E-state index contributed by atoms with van der Waals surface area (Å²) in [6.07, 6.45) is 0. The summed E-state index contributed by atoms with van der Waals surface area (Å²) in [6, 6.07) is 13.3. The van der Waals surface area contributed by atoms with Crippen molar-refractivity contribution in [1.82, 2.24) is 10.9 Å². The molecule has 0 fully saturated rings. The van der Waals surface area contributed by atoms with Gasteiger partial charge < -0.3 is 4.74 Å². The number of hydrazine groups is 1. The molecule has 1 amide bonds. The highest BCUT2D eigenvalue weighted by molar-refractivity contribution is 5.78. The van der Waals surface area contributed by atoms with Gasteiger partial charge in [-0.05, 0) is 24.6 Å². The van der Waals surface area contributed by atoms with Crippen molar-refractivity contribution in [1.29, 1.82) is 0 Å². The van der Waals surface area contributed by atoms with Crippen LogP contribution >= 0.6 is 0 Å². The average molecular weight is 327 g/mol. The first kappa shape index (κ1) is 17.0. The second-order valence-electron chi connectivity index (χ2n) is 5.06. The normalized spacial score (nSPS) is 9.88. The van der Waals surface area contributed by atoms with Gasteiger partial charge >= 0.3 is 0 Å². The highest BCUT2D eigenvalue weighted by Gasteiger charge is 2.08. The number of ether oxygens (including phenoxy) is 1. The maximum absolute atomic E-state index is 11.8. The van der Waals surface area contributed by atoms with Crippen molar-refractivity contribution in [3.63, 3.8) is 0 Å². The molecular weight excluding hydrogens is 310 g/mol. The molecule has 2 aromatic carbocycles. The number of amides is 1. The standard InChI is InChI=1S/C17H17N3O4/c1-12-5-3-8-16(9-12)24-11-17(21)19-18-13(2)14-6-4-7-15(10-14)20(22)23/h3-10,18H,2,11H2,1H3,(H,19,21). The molecule has 24 heavy (non-hydrogen) atoms. The molecule has 0 saturated carbocycles. The number of benzene rings is 2. The SMILES string of the molecule is C=C(NNC(=O)COc1cccc(C)c1)c1cccc([N+](=O)[O-])c1. The quantitative estimate of drug-likeness (QED) is 0.602. The molecule has 0 heterocycles. The van der Waals surface area contributed by atoms with Gasteiger partial charge in [0.15, 0.2) is 6.61 Å². The van der Waals surface area contributed by atoms with Crippen LogP contribution in [0.4, 0.5) is 5.69 Å². The topological polar surface area (TPSA) is 93.5 Å². The van der Waals surface area contributed by atoms with E-state index < -0.39 is 10.8 Å². The van der Waals surface area contributed by atoms with Gasteiger partial charge in [0.1, 0.15) is 5.75 Å². The number of nitro benzene ring substituents is 1. The fraction of sp³-hybridized carbons (Fsp3) is 0.118. The molecule has 0 unspecified atom stereocenters. The van der Waals surface area contributed by atoms with Crippen molar-refractivity contribution in [3.05, 3.63) is 76.4 Å². The summed E-state index contributed by atoms with van der Waals surface area (Å²) in [4.78, 5) is 22.0. The lowest BCUT2D eigenvalue weighted by Gasteiger charge is -2.12. The largest absolute Gasteiger partial charge is 0.484 e. The Morgan fingerprint density at radius 3 is 2.67 bits per heavy atom. The van der Waals surface area contributed by atoms with Crippen molar-refractivity contribution >= 4 is 17.3 Å². The number of rotatable bonds is 7. The van der Waals surface area contributed by atoms with E-state index in [-0.39, 0.29) is 12.3 Å². The number of aryl methyl sites for hydroxylation is 1. The zero-order valence-electron chi connectivity index (χ0n) is 13.1. The van der Waals surface area contributed by atoms with E-state index >= 15 is 0 Å². The second kappa shape index (κ2) is 7.77. The predicted molar refractivity (Wildman–Crippen MR) is 90.1 cm³/mol. The maximum atomic E-state index is 11.8. The smallest absolute Gasteiger partial charge is 0.276 e. The van der Waals surface area contributed by atoms with Gasteiger partial charge in [-0.2, -0.15) is 0 Å². The molecule has 0 atom stereocenters. The third kappa shape index (κ3) is 4.84. The lowest BCUT2D eigenvalue weighted by molar-refractivity contribution is -0.384. The molecule has 0 aliphatic heterocycles. The lowest BCUT2D eigenvalue weighted by atomic mass is 10.1. The Morgan fingerprint density at radius 1 is 1.21 bits per heavy atom. The number of hydrogen-bond donors (Lipinski definition) is 2. The molecule has 0 aliphatic rings. The van der Waals surface area contributed by atoms with Crippen LogP contribution in [-0.4, -0.2) is 17.4 Å². The van der Waals surface area contributed by atoms with Crippen LogP contribution in [0.2, 0.25) is 0 Å². The molecule has 0 aromatic heterocycles. The van der Waals surface area contributed by atoms with Gasteiger partial charge in [-0.15, -0.1) is 0 Å². The van der Waals surface area contributed by atoms with Gasteiger partial charge in [0, 0.05) is 17.7 Å². The van der Waals surface area contributed by atoms with E-state index in [0.29, 0.717) is 17.0 Å². The van der Waals surface area contributed by atoms with E-state index in [9.17, 15) is 14.9 Å². The van der Waals surface area contributed by atoms with Gasteiger partial charge in [-0.3, -0.25) is 25.8 Å². The minimum Gasteiger partial charge on any atom is -0.484 e. The molecule has 124 valence electrons. The monoisotopic (exact) mass is 327 g/mol. The molecule has 0 aliphatic carbocycles. The predicted octanol–water partition coefficient (Wildman–Crippen LogP) is 2.57. The fourth-order valence-electron chi connectivity index (χ4n) is 1.91. The molecule has 2 aromatic rings. The first-order valence-electron chi connectivity index (χ1n) is 7.14. The molecule has 7 heteroatoms. The van der Waals surface area contributed by atoms with Crippen LogP contribution in [0.5, 0.6) is 5.75 Å². The van der Waals surface area contributed by atoms with E-state index in [0.717, 1.165) is 5.56 Å². The van der Waals surface area contributed by atoms with Crippen molar-refractivity contribution in [3.8, 4) is 5.75 Å². The molecule has 0 radical (unpaired) electrons. The van der Waals surface area contributed by atoms with E-state index in [1.54, 1.807) is 18.2 Å². The van der Waals surface area contributed by atoms with Crippen molar-refractivity contribution in [2.24, 2.45) is 0 Å². The minimum absolute atomic E-state index is 0.0513. The molecule has 0 spiro atoms. The average Bonchev–Trinajstić information content (AvgIpc) is 2.58. The maximum Gasteiger partial charge on any atom is 0.276 e. The Kier molecular flexibility index (Phi) is 5.51. The Hall–Kier alpha value is -3.35. The molecule has 2 N–H and O–H groups in total. The van der Waals surface area contributed by atoms with Crippen molar-refractivity contribution in [2.75, 3.05) is 6.61 Å². The summed E-state index contributed by atoms with van der Waals surface area (Å²) in [5.74, 6) is 0.200. The molecule has 7 nitrogen and oxygen atoms in total. The van der Waals surface area contributed by atoms with Crippen molar-refractivity contribution < 1.29 is 14.5 Å². The van der Waals surface area contributed by atoms with E-state index in [1.165, 1.54) is 12.1 Å². The summed E-state index contributed by atoms with van der Waals surface area (Å²) in [5, 5.41) is 10.8. The summed E-state index contributed by atoms with van der Waals surface area (Å²) < 4.78 is 5.37. The molecule has 0 saturated heterocycles.